The molecule has 0 fully saturated rings. The maximum Gasteiger partial charge on any atom is 0.102 e. The van der Waals surface area contributed by atoms with Gasteiger partial charge in [0.15, 0.2) is 0 Å². The van der Waals surface area contributed by atoms with E-state index in [0.29, 0.717) is 0 Å². The van der Waals surface area contributed by atoms with Gasteiger partial charge in [0, 0.05) is 20.4 Å². The van der Waals surface area contributed by atoms with Crippen LogP contribution in [-0.4, -0.2) is 0 Å². The van der Waals surface area contributed by atoms with Gasteiger partial charge in [-0.15, -0.1) is 0 Å². The third-order valence-corrected chi connectivity index (χ3v) is 27.0. The number of hydrogen-bond acceptors (Lipinski definition) is 0. The van der Waals surface area contributed by atoms with Crippen LogP contribution in [0.5, 0.6) is 0 Å². The molecule has 0 spiro atoms. The van der Waals surface area contributed by atoms with E-state index in [2.05, 4.69) is 374 Å². The summed E-state index contributed by atoms with van der Waals surface area (Å²) in [5.41, 5.74) is 15.8. The van der Waals surface area contributed by atoms with Crippen LogP contribution in [-0.2, 0) is 20.4 Å². The summed E-state index contributed by atoms with van der Waals surface area (Å²) in [6.45, 7) is 25.8. The van der Waals surface area contributed by atoms with E-state index in [1.165, 1.54) is 130 Å². The molecule has 0 aliphatic rings. The summed E-state index contributed by atoms with van der Waals surface area (Å²) in [5, 5.41) is 17.4. The SMILES string of the molecule is Cc1ccc([PH+](c2ccc(C)cc2)c2ccc(C)cc2)cc1.Cc1ccc([PH+](c2ccc(C)cc2)c2ccc(C)cc2)cc1.Cc1ccc([PH+](c2ccc(C)cc2)c2ccc(C)cc2)cc1.Cc1ccc([PH+](c2ccc(C)cc2)c2ccc(C)cc2)cc1.[Pd]. The zero-order chi connectivity index (χ0) is 62.1. The van der Waals surface area contributed by atoms with E-state index in [4.69, 9.17) is 0 Å². The van der Waals surface area contributed by atoms with Crippen LogP contribution >= 0.6 is 31.7 Å². The van der Waals surface area contributed by atoms with E-state index in [0.717, 1.165) is 0 Å². The molecule has 0 radical (unpaired) electrons. The van der Waals surface area contributed by atoms with Gasteiger partial charge in [-0.05, 0) is 229 Å². The van der Waals surface area contributed by atoms with Gasteiger partial charge in [0.05, 0.1) is 31.7 Å². The van der Waals surface area contributed by atoms with Crippen LogP contribution in [0.1, 0.15) is 66.8 Å². The summed E-state index contributed by atoms with van der Waals surface area (Å²) < 4.78 is 0. The molecule has 0 heterocycles. The molecule has 0 saturated carbocycles. The van der Waals surface area contributed by atoms with Crippen LogP contribution in [0.25, 0.3) is 0 Å². The molecule has 12 aromatic rings. The van der Waals surface area contributed by atoms with Crippen molar-refractivity contribution in [3.8, 4) is 0 Å². The summed E-state index contributed by atoms with van der Waals surface area (Å²) in [6.07, 6.45) is 0. The molecule has 450 valence electrons. The van der Waals surface area contributed by atoms with E-state index >= 15 is 0 Å². The Bertz CT molecular complexity index is 3070. The van der Waals surface area contributed by atoms with Crippen molar-refractivity contribution in [2.45, 2.75) is 83.1 Å². The largest absolute Gasteiger partial charge is 0.102 e. The van der Waals surface area contributed by atoms with E-state index in [1.807, 2.05) is 0 Å². The number of benzene rings is 12. The average molecular weight is 1330 g/mol. The summed E-state index contributed by atoms with van der Waals surface area (Å²) in [4.78, 5) is 0. The standard InChI is InChI=1S/4C21H21P.Pd/c4*1-16-4-10-19(11-5-16)22(20-12-6-17(2)7-13-20)21-14-8-18(3)9-15-21;/h4*4-15H,1-3H3;/p+4. The van der Waals surface area contributed by atoms with Gasteiger partial charge in [-0.3, -0.25) is 0 Å². The summed E-state index contributed by atoms with van der Waals surface area (Å²) in [7, 11) is -3.71. The molecule has 0 amide bonds. The predicted molar refractivity (Wildman–Crippen MR) is 403 cm³/mol. The number of rotatable bonds is 12. The van der Waals surface area contributed by atoms with Crippen LogP contribution in [0.15, 0.2) is 291 Å². The smallest absolute Gasteiger partial charge is 0.0554 e. The van der Waals surface area contributed by atoms with Gasteiger partial charge in [0.1, 0.15) is 63.7 Å². The second-order valence-corrected chi connectivity index (χ2v) is 33.8. The molecule has 0 aromatic heterocycles. The fourth-order valence-corrected chi connectivity index (χ4v) is 20.6. The van der Waals surface area contributed by atoms with E-state index in [-0.39, 0.29) is 20.4 Å². The molecule has 0 saturated heterocycles. The Morgan fingerprint density at radius 3 is 0.225 bits per heavy atom. The molecule has 0 bridgehead atoms. The van der Waals surface area contributed by atoms with E-state index < -0.39 is 31.7 Å². The van der Waals surface area contributed by atoms with Crippen LogP contribution in [0.2, 0.25) is 0 Å². The first-order chi connectivity index (χ1) is 42.5. The molecule has 0 aliphatic carbocycles. The van der Waals surface area contributed by atoms with Crippen LogP contribution in [0.3, 0.4) is 0 Å². The molecule has 0 unspecified atom stereocenters. The van der Waals surface area contributed by atoms with Gasteiger partial charge in [-0.2, -0.15) is 0 Å². The summed E-state index contributed by atoms with van der Waals surface area (Å²) in [6, 6.07) is 108. The normalized spacial score (nSPS) is 10.8. The molecule has 12 rings (SSSR count). The van der Waals surface area contributed by atoms with Crippen LogP contribution in [0, 0.1) is 83.1 Å². The first-order valence-corrected chi connectivity index (χ1v) is 36.9. The molecular weight excluding hydrogens is 1240 g/mol. The molecule has 89 heavy (non-hydrogen) atoms. The molecule has 5 heteroatoms. The van der Waals surface area contributed by atoms with Crippen molar-refractivity contribution in [3.63, 3.8) is 0 Å². The molecule has 0 nitrogen and oxygen atoms in total. The second-order valence-electron chi connectivity index (χ2n) is 23.9. The van der Waals surface area contributed by atoms with Crippen molar-refractivity contribution < 1.29 is 20.4 Å². The van der Waals surface area contributed by atoms with E-state index in [9.17, 15) is 0 Å². The van der Waals surface area contributed by atoms with Gasteiger partial charge in [0.2, 0.25) is 0 Å². The van der Waals surface area contributed by atoms with Gasteiger partial charge < -0.3 is 0 Å². The van der Waals surface area contributed by atoms with Crippen molar-refractivity contribution in [3.05, 3.63) is 358 Å². The minimum absolute atomic E-state index is 0. The molecule has 12 aromatic carbocycles. The Labute approximate surface area is 552 Å². The third-order valence-electron chi connectivity index (χ3n) is 16.1. The third kappa shape index (κ3) is 19.5. The maximum absolute atomic E-state index is 2.29. The quantitative estimate of drug-likeness (QED) is 0.0845. The first kappa shape index (κ1) is 67.9. The number of hydrogen-bond donors (Lipinski definition) is 0. The van der Waals surface area contributed by atoms with Crippen LogP contribution in [0.4, 0.5) is 0 Å². The molecule has 0 atom stereocenters. The Kier molecular flexibility index (Phi) is 25.3. The zero-order valence-corrected chi connectivity index (χ0v) is 59.6. The first-order valence-electron chi connectivity index (χ1n) is 30.9. The van der Waals surface area contributed by atoms with Gasteiger partial charge in [-0.1, -0.05) is 212 Å². The van der Waals surface area contributed by atoms with Crippen molar-refractivity contribution >= 4 is 95.3 Å². The van der Waals surface area contributed by atoms with Crippen molar-refractivity contribution in [1.29, 1.82) is 0 Å². The zero-order valence-electron chi connectivity index (χ0n) is 54.0. The summed E-state index contributed by atoms with van der Waals surface area (Å²) >= 11 is 0. The molecular formula is C84H88P4Pd+4. The maximum atomic E-state index is 2.29. The second kappa shape index (κ2) is 33.2. The topological polar surface area (TPSA) is 0 Å². The minimum atomic E-state index is -0.927. The van der Waals surface area contributed by atoms with Crippen molar-refractivity contribution in [2.24, 2.45) is 0 Å². The average Bonchev–Trinajstić information content (AvgIpc) is 2.73. The Morgan fingerprint density at radius 2 is 0.169 bits per heavy atom. The Balaban J connectivity index is 0.000000153. The summed E-state index contributed by atoms with van der Waals surface area (Å²) in [5.74, 6) is 0. The Morgan fingerprint density at radius 1 is 0.112 bits per heavy atom. The molecule has 0 N–H and O–H groups in total. The van der Waals surface area contributed by atoms with Crippen LogP contribution < -0.4 is 63.7 Å². The van der Waals surface area contributed by atoms with E-state index in [1.54, 1.807) is 0 Å². The van der Waals surface area contributed by atoms with Crippen molar-refractivity contribution in [2.75, 3.05) is 0 Å². The fourth-order valence-electron chi connectivity index (χ4n) is 10.6. The minimum Gasteiger partial charge on any atom is -0.0554 e. The molecule has 0 aliphatic heterocycles. The Hall–Kier alpha value is -6.98. The van der Waals surface area contributed by atoms with Gasteiger partial charge >= 0.3 is 0 Å². The number of aryl methyl sites for hydroxylation is 12. The predicted octanol–water partition coefficient (Wildman–Crippen LogP) is 16.4. The fraction of sp³-hybridized carbons (Fsp3) is 0.143. The monoisotopic (exact) mass is 1330 g/mol. The van der Waals surface area contributed by atoms with Gasteiger partial charge in [-0.25, -0.2) is 0 Å². The van der Waals surface area contributed by atoms with Gasteiger partial charge in [0.25, 0.3) is 0 Å². The van der Waals surface area contributed by atoms with Crippen molar-refractivity contribution in [1.82, 2.24) is 0 Å².